The number of thiazole rings is 1. The van der Waals surface area contributed by atoms with E-state index in [1.807, 2.05) is 7.05 Å². The normalized spacial score (nSPS) is 17.9. The van der Waals surface area contributed by atoms with Crippen molar-refractivity contribution in [2.75, 3.05) is 0 Å². The quantitative estimate of drug-likeness (QED) is 0.468. The molecule has 0 unspecified atom stereocenters. The first-order valence-corrected chi connectivity index (χ1v) is 5.06. The highest BCUT2D eigenvalue weighted by molar-refractivity contribution is 7.09. The van der Waals surface area contributed by atoms with Gasteiger partial charge >= 0.3 is 0 Å². The highest BCUT2D eigenvalue weighted by atomic mass is 32.1. The molecular formula is C8H13N3S. The number of nitrogens with two attached hydrogens (primary N) is 1. The topological polar surface area (TPSA) is 43.3 Å². The van der Waals surface area contributed by atoms with Crippen molar-refractivity contribution in [3.8, 4) is 0 Å². The van der Waals surface area contributed by atoms with Crippen molar-refractivity contribution in [2.45, 2.75) is 25.7 Å². The molecule has 0 radical (unpaired) electrons. The molecule has 0 spiro atoms. The lowest BCUT2D eigenvalue weighted by atomic mass is 10.0. The minimum absolute atomic E-state index is 0.946. The summed E-state index contributed by atoms with van der Waals surface area (Å²) in [6.45, 7) is 0. The lowest BCUT2D eigenvalue weighted by Crippen LogP contribution is -2.16. The van der Waals surface area contributed by atoms with Crippen LogP contribution in [0.1, 0.15) is 23.4 Å². The van der Waals surface area contributed by atoms with Crippen LogP contribution in [0.5, 0.6) is 0 Å². The Bertz CT molecular complexity index is 348. The van der Waals surface area contributed by atoms with Gasteiger partial charge in [0, 0.05) is 17.6 Å². The van der Waals surface area contributed by atoms with Crippen molar-refractivity contribution in [1.82, 2.24) is 4.57 Å². The van der Waals surface area contributed by atoms with E-state index in [0.29, 0.717) is 0 Å². The van der Waals surface area contributed by atoms with Gasteiger partial charge in [0.25, 0.3) is 0 Å². The Balaban J connectivity index is 2.59. The number of hydrogen-bond acceptors (Lipinski definition) is 3. The Morgan fingerprint density at radius 1 is 1.42 bits per heavy atom. The number of aryl methyl sites for hydroxylation is 1. The van der Waals surface area contributed by atoms with Gasteiger partial charge in [-0.1, -0.05) is 11.3 Å². The van der Waals surface area contributed by atoms with E-state index < -0.39 is 0 Å². The highest BCUT2D eigenvalue weighted by Gasteiger charge is 2.14. The Labute approximate surface area is 75.5 Å². The average molecular weight is 183 g/mol. The molecule has 1 heterocycles. The lowest BCUT2D eigenvalue weighted by Gasteiger charge is -2.10. The highest BCUT2D eigenvalue weighted by Crippen LogP contribution is 2.22. The minimum Gasteiger partial charge on any atom is -0.322 e. The average Bonchev–Trinajstić information content (AvgIpc) is 2.44. The van der Waals surface area contributed by atoms with Crippen LogP contribution in [0, 0.1) is 0 Å². The van der Waals surface area contributed by atoms with Crippen molar-refractivity contribution in [3.63, 3.8) is 0 Å². The van der Waals surface area contributed by atoms with Crippen LogP contribution in [0.25, 0.3) is 0 Å². The third-order valence-corrected chi connectivity index (χ3v) is 3.65. The summed E-state index contributed by atoms with van der Waals surface area (Å²) in [4.78, 5) is 2.43. The van der Waals surface area contributed by atoms with Gasteiger partial charge in [0.05, 0.1) is 0 Å². The lowest BCUT2D eigenvalue weighted by molar-refractivity contribution is 0.642. The van der Waals surface area contributed by atoms with Crippen LogP contribution in [0.15, 0.2) is 5.10 Å². The van der Waals surface area contributed by atoms with Crippen LogP contribution in [-0.2, 0) is 19.9 Å². The summed E-state index contributed by atoms with van der Waals surface area (Å²) >= 11 is 1.73. The summed E-state index contributed by atoms with van der Waals surface area (Å²) in [6, 6.07) is 0. The predicted octanol–water partition coefficient (Wildman–Crippen LogP) is 0.740. The Morgan fingerprint density at radius 2 is 2.17 bits per heavy atom. The van der Waals surface area contributed by atoms with E-state index >= 15 is 0 Å². The second-order valence-corrected chi connectivity index (χ2v) is 4.21. The van der Waals surface area contributed by atoms with Crippen molar-refractivity contribution >= 4 is 11.3 Å². The Hall–Kier alpha value is -0.770. The SMILES string of the molecule is Cn1c2c(s/c1=N\N)CCCC2. The van der Waals surface area contributed by atoms with Crippen LogP contribution in [0.3, 0.4) is 0 Å². The van der Waals surface area contributed by atoms with E-state index in [2.05, 4.69) is 9.67 Å². The Morgan fingerprint density at radius 3 is 2.83 bits per heavy atom. The van der Waals surface area contributed by atoms with Crippen molar-refractivity contribution < 1.29 is 0 Å². The van der Waals surface area contributed by atoms with E-state index in [1.54, 1.807) is 11.3 Å². The summed E-state index contributed by atoms with van der Waals surface area (Å²) in [5.74, 6) is 5.28. The smallest absolute Gasteiger partial charge is 0.207 e. The van der Waals surface area contributed by atoms with Crippen LogP contribution in [-0.4, -0.2) is 4.57 Å². The molecule has 2 N–H and O–H groups in total. The molecule has 0 saturated heterocycles. The van der Waals surface area contributed by atoms with E-state index in [0.717, 1.165) is 4.80 Å². The molecule has 1 aromatic rings. The van der Waals surface area contributed by atoms with E-state index in [-0.39, 0.29) is 0 Å². The zero-order valence-corrected chi connectivity index (χ0v) is 8.02. The zero-order valence-electron chi connectivity index (χ0n) is 7.21. The van der Waals surface area contributed by atoms with Gasteiger partial charge in [-0.2, -0.15) is 5.10 Å². The van der Waals surface area contributed by atoms with Gasteiger partial charge in [-0.15, -0.1) is 0 Å². The summed E-state index contributed by atoms with van der Waals surface area (Å²) in [7, 11) is 2.05. The van der Waals surface area contributed by atoms with Crippen LogP contribution < -0.4 is 10.6 Å². The first-order chi connectivity index (χ1) is 5.83. The molecule has 1 aliphatic carbocycles. The summed E-state index contributed by atoms with van der Waals surface area (Å²) in [5.41, 5.74) is 1.44. The molecule has 66 valence electrons. The number of hydrogen-bond donors (Lipinski definition) is 1. The molecule has 3 nitrogen and oxygen atoms in total. The Kier molecular flexibility index (Phi) is 1.92. The molecule has 0 aliphatic heterocycles. The van der Waals surface area contributed by atoms with Crippen LogP contribution in [0.2, 0.25) is 0 Å². The first kappa shape index (κ1) is 7.86. The number of nitrogens with zero attached hydrogens (tertiary/aromatic N) is 2. The number of rotatable bonds is 0. The molecule has 0 atom stereocenters. The standard InChI is InChI=1S/C8H13N3S/c1-11-6-4-2-3-5-7(6)12-8(11)10-9/h2-5,9H2,1H3/b10-8-. The molecule has 12 heavy (non-hydrogen) atoms. The maximum atomic E-state index is 5.28. The molecule has 0 amide bonds. The number of aromatic nitrogens is 1. The third-order valence-electron chi connectivity index (χ3n) is 2.41. The molecule has 0 aromatic carbocycles. The maximum Gasteiger partial charge on any atom is 0.207 e. The molecule has 0 bridgehead atoms. The maximum absolute atomic E-state index is 5.28. The van der Waals surface area contributed by atoms with Crippen LogP contribution >= 0.6 is 11.3 Å². The summed E-state index contributed by atoms with van der Waals surface area (Å²) in [6.07, 6.45) is 5.03. The molecule has 1 aromatic heterocycles. The van der Waals surface area contributed by atoms with Gasteiger partial charge in [-0.05, 0) is 25.7 Å². The predicted molar refractivity (Wildman–Crippen MR) is 49.7 cm³/mol. The van der Waals surface area contributed by atoms with Crippen LogP contribution in [0.4, 0.5) is 0 Å². The molecule has 0 saturated carbocycles. The largest absolute Gasteiger partial charge is 0.322 e. The van der Waals surface area contributed by atoms with E-state index in [4.69, 9.17) is 5.84 Å². The van der Waals surface area contributed by atoms with Gasteiger partial charge < -0.3 is 10.4 Å². The second-order valence-electron chi connectivity index (χ2n) is 3.15. The minimum atomic E-state index is 0.946. The summed E-state index contributed by atoms with van der Waals surface area (Å²) in [5, 5.41) is 3.76. The van der Waals surface area contributed by atoms with Gasteiger partial charge in [0.1, 0.15) is 0 Å². The fourth-order valence-electron chi connectivity index (χ4n) is 1.73. The fourth-order valence-corrected chi connectivity index (χ4v) is 2.86. The molecule has 2 rings (SSSR count). The third kappa shape index (κ3) is 1.06. The van der Waals surface area contributed by atoms with Gasteiger partial charge in [-0.25, -0.2) is 0 Å². The zero-order chi connectivity index (χ0) is 8.55. The van der Waals surface area contributed by atoms with Crippen molar-refractivity contribution in [2.24, 2.45) is 18.0 Å². The van der Waals surface area contributed by atoms with E-state index in [1.165, 1.54) is 36.3 Å². The molecular weight excluding hydrogens is 170 g/mol. The van der Waals surface area contributed by atoms with E-state index in [9.17, 15) is 0 Å². The fraction of sp³-hybridized carbons (Fsp3) is 0.625. The first-order valence-electron chi connectivity index (χ1n) is 4.24. The summed E-state index contributed by atoms with van der Waals surface area (Å²) < 4.78 is 2.12. The van der Waals surface area contributed by atoms with Crippen molar-refractivity contribution in [3.05, 3.63) is 15.4 Å². The number of fused-ring (bicyclic) bond motifs is 1. The second kappa shape index (κ2) is 2.94. The molecule has 4 heteroatoms. The molecule has 0 fully saturated rings. The van der Waals surface area contributed by atoms with Crippen molar-refractivity contribution in [1.29, 1.82) is 0 Å². The van der Waals surface area contributed by atoms with Gasteiger partial charge in [0.15, 0.2) is 0 Å². The van der Waals surface area contributed by atoms with Gasteiger partial charge in [-0.3, -0.25) is 0 Å². The molecule has 1 aliphatic rings. The van der Waals surface area contributed by atoms with Gasteiger partial charge in [0.2, 0.25) is 4.80 Å². The monoisotopic (exact) mass is 183 g/mol.